The molecule has 0 saturated carbocycles. The van der Waals surface area contributed by atoms with Crippen molar-refractivity contribution in [2.45, 2.75) is 13.8 Å². The third-order valence-corrected chi connectivity index (χ3v) is 5.11. The number of benzene rings is 3. The fourth-order valence-corrected chi connectivity index (χ4v) is 3.27. The Bertz CT molecular complexity index is 1360. The summed E-state index contributed by atoms with van der Waals surface area (Å²) in [6.45, 7) is 3.67. The number of aliphatic imine (C=N–C) groups is 2. The molecule has 0 spiro atoms. The zero-order chi connectivity index (χ0) is 32.5. The van der Waals surface area contributed by atoms with Gasteiger partial charge in [0.1, 0.15) is 13.2 Å². The van der Waals surface area contributed by atoms with E-state index in [0.717, 1.165) is 26.0 Å². The Labute approximate surface area is 316 Å². The molecule has 0 unspecified atom stereocenters. The van der Waals surface area contributed by atoms with Crippen LogP contribution in [0.4, 0.5) is 20.2 Å². The minimum Gasteiger partial charge on any atom is -0.550 e. The second-order valence-electron chi connectivity index (χ2n) is 8.59. The fraction of sp³-hybridized carbons (Fsp3) is 0.267. The smallest absolute Gasteiger partial charge is 0.550 e. The van der Waals surface area contributed by atoms with E-state index >= 15 is 0 Å². The van der Waals surface area contributed by atoms with E-state index in [1.165, 1.54) is 12.4 Å². The van der Waals surface area contributed by atoms with Crippen molar-refractivity contribution in [3.8, 4) is 23.0 Å². The number of phenolic OH excluding ortho intramolecular Hbond substituents is 2. The number of ether oxygens (including phenoxy) is 4. The first-order chi connectivity index (χ1) is 21.0. The summed E-state index contributed by atoms with van der Waals surface area (Å²) < 4.78 is 50.0. The minimum absolute atomic E-state index is 0. The molecule has 3 aromatic carbocycles. The van der Waals surface area contributed by atoms with E-state index in [9.17, 15) is 19.0 Å². The third-order valence-electron chi connectivity index (χ3n) is 5.11. The molecule has 4 rings (SSSR count). The normalized spacial score (nSPS) is 12.9. The van der Waals surface area contributed by atoms with Crippen LogP contribution in [0.5, 0.6) is 23.0 Å². The molecule has 245 valence electrons. The average molecular weight is 716 g/mol. The molecular weight excluding hydrogens is 684 g/mol. The predicted octanol–water partition coefficient (Wildman–Crippen LogP) is 0.530. The second-order valence-corrected chi connectivity index (χ2v) is 8.59. The molecule has 1 heterocycles. The molecule has 0 atom stereocenters. The SMILES string of the molecule is CC(=O)O.CC(=O)[O-].Oc1c2cccc1OCCOCCOCCOc1cccc(c1O)C=Nc1cc(F)c(F)cc1N=C2.[Co].[K+]. The zero-order valence-electron chi connectivity index (χ0n) is 25.2. The zero-order valence-corrected chi connectivity index (χ0v) is 29.4. The number of hydrogen-bond donors (Lipinski definition) is 3. The topological polar surface area (TPSA) is 180 Å². The number of carbonyl (C=O) groups is 2. The molecule has 12 nitrogen and oxygen atoms in total. The van der Waals surface area contributed by atoms with Crippen LogP contribution < -0.4 is 66.0 Å². The number of phenols is 2. The monoisotopic (exact) mass is 715 g/mol. The van der Waals surface area contributed by atoms with Gasteiger partial charge in [0.2, 0.25) is 0 Å². The second kappa shape index (κ2) is 23.4. The fourth-order valence-electron chi connectivity index (χ4n) is 3.27. The number of aromatic hydroxyl groups is 2. The van der Waals surface area contributed by atoms with Crippen molar-refractivity contribution in [2.75, 3.05) is 39.6 Å². The summed E-state index contributed by atoms with van der Waals surface area (Å²) in [4.78, 5) is 26.3. The van der Waals surface area contributed by atoms with Crippen LogP contribution in [0.15, 0.2) is 58.5 Å². The van der Waals surface area contributed by atoms with Gasteiger partial charge in [0.15, 0.2) is 34.6 Å². The number of carbonyl (C=O) groups excluding carboxylic acids is 1. The van der Waals surface area contributed by atoms with Crippen LogP contribution in [0.1, 0.15) is 25.0 Å². The Hall–Kier alpha value is -2.94. The number of carboxylic acid groups (broad SMARTS) is 2. The maximum Gasteiger partial charge on any atom is 1.00 e. The van der Waals surface area contributed by atoms with Gasteiger partial charge in [0.25, 0.3) is 5.97 Å². The van der Waals surface area contributed by atoms with Crippen molar-refractivity contribution >= 4 is 35.7 Å². The number of halogens is 2. The summed E-state index contributed by atoms with van der Waals surface area (Å²) in [6.07, 6.45) is 2.58. The van der Waals surface area contributed by atoms with Crippen LogP contribution in [0.3, 0.4) is 0 Å². The average Bonchev–Trinajstić information content (AvgIpc) is 2.95. The van der Waals surface area contributed by atoms with E-state index < -0.39 is 23.6 Å². The summed E-state index contributed by atoms with van der Waals surface area (Å²) in [7, 11) is 0. The number of nitrogens with zero attached hydrogens (tertiary/aromatic N) is 2. The van der Waals surface area contributed by atoms with Gasteiger partial charge in [-0.3, -0.25) is 14.8 Å². The maximum atomic E-state index is 14.0. The van der Waals surface area contributed by atoms with E-state index in [1.807, 2.05) is 0 Å². The Morgan fingerprint density at radius 1 is 0.739 bits per heavy atom. The first-order valence-electron chi connectivity index (χ1n) is 13.0. The van der Waals surface area contributed by atoms with Crippen molar-refractivity contribution in [3.05, 3.63) is 71.3 Å². The van der Waals surface area contributed by atoms with Crippen molar-refractivity contribution in [3.63, 3.8) is 0 Å². The van der Waals surface area contributed by atoms with Crippen LogP contribution in [0.2, 0.25) is 0 Å². The van der Waals surface area contributed by atoms with Crippen LogP contribution >= 0.6 is 0 Å². The Balaban J connectivity index is 0.00000182. The largest absolute Gasteiger partial charge is 1.00 e. The van der Waals surface area contributed by atoms with Crippen molar-refractivity contribution in [1.29, 1.82) is 0 Å². The molecular formula is C30H31CoF2KN2O10. The van der Waals surface area contributed by atoms with Crippen LogP contribution in [0, 0.1) is 11.6 Å². The van der Waals surface area contributed by atoms with Gasteiger partial charge in [0, 0.05) is 65.4 Å². The van der Waals surface area contributed by atoms with Gasteiger partial charge in [0.05, 0.1) is 37.8 Å². The third kappa shape index (κ3) is 16.1. The number of hydrogen-bond acceptors (Lipinski definition) is 11. The molecule has 0 aromatic heterocycles. The summed E-state index contributed by atoms with van der Waals surface area (Å²) in [5, 5.41) is 37.4. The minimum atomic E-state index is -1.11. The Morgan fingerprint density at radius 3 is 1.41 bits per heavy atom. The molecule has 0 aliphatic carbocycles. The molecule has 0 fully saturated rings. The number of aliphatic carboxylic acids is 2. The van der Waals surface area contributed by atoms with Gasteiger partial charge in [-0.05, 0) is 31.2 Å². The van der Waals surface area contributed by atoms with Gasteiger partial charge >= 0.3 is 51.4 Å². The molecule has 0 saturated heterocycles. The Morgan fingerprint density at radius 2 is 1.07 bits per heavy atom. The van der Waals surface area contributed by atoms with Gasteiger partial charge < -0.3 is 44.2 Å². The quantitative estimate of drug-likeness (QED) is 0.278. The maximum absolute atomic E-state index is 14.0. The molecule has 1 aliphatic rings. The molecule has 4 bridgehead atoms. The van der Waals surface area contributed by atoms with Gasteiger partial charge in [-0.25, -0.2) is 8.78 Å². The number of rotatable bonds is 0. The van der Waals surface area contributed by atoms with Crippen molar-refractivity contribution in [2.24, 2.45) is 9.98 Å². The number of carboxylic acids is 2. The molecule has 1 aliphatic heterocycles. The summed E-state index contributed by atoms with van der Waals surface area (Å²) in [5.41, 5.74) is 0.614. The summed E-state index contributed by atoms with van der Waals surface area (Å²) in [5.74, 6) is -4.02. The van der Waals surface area contributed by atoms with Gasteiger partial charge in [-0.1, -0.05) is 12.1 Å². The molecule has 1 radical (unpaired) electrons. The molecule has 3 aromatic rings. The van der Waals surface area contributed by atoms with Crippen molar-refractivity contribution in [1.82, 2.24) is 0 Å². The first-order valence-corrected chi connectivity index (χ1v) is 13.0. The summed E-state index contributed by atoms with van der Waals surface area (Å²) in [6, 6.07) is 11.5. The number of fused-ring (bicyclic) bond motifs is 5. The van der Waals surface area contributed by atoms with Gasteiger partial charge in [-0.15, -0.1) is 0 Å². The first kappa shape index (κ1) is 43.1. The van der Waals surface area contributed by atoms with Gasteiger partial charge in [-0.2, -0.15) is 0 Å². The van der Waals surface area contributed by atoms with Crippen LogP contribution in [0.25, 0.3) is 0 Å². The van der Waals surface area contributed by atoms with E-state index in [1.54, 1.807) is 36.4 Å². The molecule has 3 N–H and O–H groups in total. The molecule has 0 amide bonds. The van der Waals surface area contributed by atoms with E-state index in [4.69, 9.17) is 38.7 Å². The van der Waals surface area contributed by atoms with Crippen molar-refractivity contribution < 1.29 is 126 Å². The van der Waals surface area contributed by atoms with Crippen LogP contribution in [-0.2, 0) is 35.8 Å². The molecule has 16 heteroatoms. The standard InChI is InChI=1S/C26H24F2N2O6.2C2H4O2.Co.K/c27-19-13-21-22(14-20(19)28)30-16-18-4-2-6-24(26(18)32)36-12-10-34-8-7-33-9-11-35-23-5-1-3-17(15-29-21)25(23)31;2*1-2(3)4;;/h1-6,13-16,31-32H,7-12H2;2*1H3,(H,3,4);;/q;;;;+1/p-1. The molecule has 46 heavy (non-hydrogen) atoms. The Kier molecular flexibility index (Phi) is 21.9. The summed E-state index contributed by atoms with van der Waals surface area (Å²) >= 11 is 0. The van der Waals surface area contributed by atoms with Crippen LogP contribution in [-0.4, -0.2) is 79.3 Å². The van der Waals surface area contributed by atoms with E-state index in [0.29, 0.717) is 24.3 Å². The number of para-hydroxylation sites is 2. The predicted molar refractivity (Wildman–Crippen MR) is 154 cm³/mol. The van der Waals surface area contributed by atoms with E-state index in [2.05, 4.69) is 9.98 Å². The van der Waals surface area contributed by atoms with E-state index in [-0.39, 0.29) is 129 Å².